The van der Waals surface area contributed by atoms with Crippen molar-refractivity contribution in [2.24, 2.45) is 5.92 Å². The van der Waals surface area contributed by atoms with Crippen LogP contribution in [0.4, 0.5) is 0 Å². The summed E-state index contributed by atoms with van der Waals surface area (Å²) >= 11 is 0. The van der Waals surface area contributed by atoms with Crippen LogP contribution in [0.15, 0.2) is 48.6 Å². The molecule has 0 saturated heterocycles. The van der Waals surface area contributed by atoms with Crippen LogP contribution in [-0.4, -0.2) is 47.6 Å². The van der Waals surface area contributed by atoms with E-state index < -0.39 is 12.2 Å². The Hall–Kier alpha value is -2.18. The van der Waals surface area contributed by atoms with E-state index in [0.717, 1.165) is 44.4 Å². The second kappa shape index (κ2) is 34.2. The minimum atomic E-state index is -1.00. The van der Waals surface area contributed by atoms with E-state index in [4.69, 9.17) is 9.47 Å². The zero-order valence-electron chi connectivity index (χ0n) is 29.8. The summed E-state index contributed by atoms with van der Waals surface area (Å²) in [7, 11) is 0. The van der Waals surface area contributed by atoms with Gasteiger partial charge >= 0.3 is 11.9 Å². The molecule has 266 valence electrons. The van der Waals surface area contributed by atoms with Gasteiger partial charge in [-0.25, -0.2) is 0 Å². The average Bonchev–Trinajstić information content (AvgIpc) is 3.05. The molecule has 0 aliphatic heterocycles. The molecule has 0 bridgehead atoms. The Morgan fingerprint density at radius 3 is 1.83 bits per heavy atom. The summed E-state index contributed by atoms with van der Waals surface area (Å²) in [6, 6.07) is 0. The van der Waals surface area contributed by atoms with Gasteiger partial charge in [-0.3, -0.25) is 9.59 Å². The number of rotatable bonds is 32. The van der Waals surface area contributed by atoms with Gasteiger partial charge in [0.05, 0.1) is 6.10 Å². The van der Waals surface area contributed by atoms with Crippen molar-refractivity contribution in [2.45, 2.75) is 174 Å². The van der Waals surface area contributed by atoms with Crippen LogP contribution in [0.1, 0.15) is 162 Å². The van der Waals surface area contributed by atoms with Crippen LogP contribution in [0.2, 0.25) is 0 Å². The summed E-state index contributed by atoms with van der Waals surface area (Å²) < 4.78 is 10.3. The molecule has 0 aliphatic rings. The standard InChI is InChI=1S/C40H70O6/c1-4-6-7-8-14-20-25-30-37(41)31-26-21-16-13-18-23-28-33-40(44)46-35-38(42)34-45-39(43)32-27-22-17-12-10-9-11-15-19-24-29-36(3)5-2/h13-14,18,20-21,25-26,30,36-38,41-42H,4-12,15-17,19,22-24,27-29,31-35H2,1-3H3/b18-13+,20-14-,26-21-,30-25-/t36?,37-,38-/m1/s1. The number of unbranched alkanes of at least 4 members (excludes halogenated alkanes) is 13. The van der Waals surface area contributed by atoms with Gasteiger partial charge in [-0.15, -0.1) is 0 Å². The minimum absolute atomic E-state index is 0.150. The highest BCUT2D eigenvalue weighted by molar-refractivity contribution is 5.69. The zero-order chi connectivity index (χ0) is 33.9. The fourth-order valence-electron chi connectivity index (χ4n) is 4.90. The Morgan fingerprint density at radius 2 is 1.20 bits per heavy atom. The van der Waals surface area contributed by atoms with E-state index in [0.29, 0.717) is 19.3 Å². The minimum Gasteiger partial charge on any atom is -0.463 e. The van der Waals surface area contributed by atoms with Crippen molar-refractivity contribution in [1.82, 2.24) is 0 Å². The zero-order valence-corrected chi connectivity index (χ0v) is 29.8. The molecule has 0 heterocycles. The predicted molar refractivity (Wildman–Crippen MR) is 193 cm³/mol. The van der Waals surface area contributed by atoms with Crippen molar-refractivity contribution in [3.63, 3.8) is 0 Å². The van der Waals surface area contributed by atoms with Gasteiger partial charge in [0.25, 0.3) is 0 Å². The van der Waals surface area contributed by atoms with E-state index in [1.54, 1.807) is 0 Å². The fourth-order valence-corrected chi connectivity index (χ4v) is 4.90. The van der Waals surface area contributed by atoms with Gasteiger partial charge in [0.2, 0.25) is 0 Å². The van der Waals surface area contributed by atoms with Crippen LogP contribution in [0.5, 0.6) is 0 Å². The van der Waals surface area contributed by atoms with Gasteiger partial charge in [0, 0.05) is 12.8 Å². The second-order valence-electron chi connectivity index (χ2n) is 12.8. The van der Waals surface area contributed by atoms with E-state index in [9.17, 15) is 19.8 Å². The van der Waals surface area contributed by atoms with Gasteiger partial charge in [0.1, 0.15) is 19.3 Å². The van der Waals surface area contributed by atoms with Crippen molar-refractivity contribution >= 4 is 11.9 Å². The molecule has 0 aromatic carbocycles. The van der Waals surface area contributed by atoms with Gasteiger partial charge < -0.3 is 19.7 Å². The topological polar surface area (TPSA) is 93.1 Å². The van der Waals surface area contributed by atoms with Crippen molar-refractivity contribution in [3.8, 4) is 0 Å². The molecule has 1 unspecified atom stereocenters. The van der Waals surface area contributed by atoms with Gasteiger partial charge in [-0.2, -0.15) is 0 Å². The molecule has 0 aromatic heterocycles. The first-order valence-electron chi connectivity index (χ1n) is 18.7. The van der Waals surface area contributed by atoms with Crippen LogP contribution < -0.4 is 0 Å². The Labute approximate surface area is 282 Å². The second-order valence-corrected chi connectivity index (χ2v) is 12.8. The average molecular weight is 647 g/mol. The lowest BCUT2D eigenvalue weighted by Crippen LogP contribution is -2.25. The maximum absolute atomic E-state index is 11.9. The van der Waals surface area contributed by atoms with Crippen LogP contribution in [0.25, 0.3) is 0 Å². The lowest BCUT2D eigenvalue weighted by atomic mass is 9.99. The van der Waals surface area contributed by atoms with Crippen LogP contribution in [0, 0.1) is 5.92 Å². The third kappa shape index (κ3) is 33.2. The van der Waals surface area contributed by atoms with Crippen molar-refractivity contribution in [2.75, 3.05) is 13.2 Å². The highest BCUT2D eigenvalue weighted by atomic mass is 16.6. The van der Waals surface area contributed by atoms with Crippen molar-refractivity contribution < 1.29 is 29.3 Å². The molecule has 0 aromatic rings. The third-order valence-electron chi connectivity index (χ3n) is 8.19. The maximum Gasteiger partial charge on any atom is 0.305 e. The van der Waals surface area contributed by atoms with Gasteiger partial charge in [0.15, 0.2) is 0 Å². The largest absolute Gasteiger partial charge is 0.463 e. The van der Waals surface area contributed by atoms with E-state index in [1.807, 2.05) is 42.5 Å². The monoisotopic (exact) mass is 647 g/mol. The van der Waals surface area contributed by atoms with Gasteiger partial charge in [-0.1, -0.05) is 153 Å². The van der Waals surface area contributed by atoms with Crippen LogP contribution in [-0.2, 0) is 19.1 Å². The summed E-state index contributed by atoms with van der Waals surface area (Å²) in [6.07, 6.45) is 37.6. The first-order chi connectivity index (χ1) is 22.4. The van der Waals surface area contributed by atoms with Crippen molar-refractivity contribution in [3.05, 3.63) is 48.6 Å². The number of carbonyl (C=O) groups is 2. The Kier molecular flexibility index (Phi) is 32.5. The number of ether oxygens (including phenoxy) is 2. The number of hydrogen-bond acceptors (Lipinski definition) is 6. The lowest BCUT2D eigenvalue weighted by Gasteiger charge is -2.12. The van der Waals surface area contributed by atoms with Crippen LogP contribution >= 0.6 is 0 Å². The quantitative estimate of drug-likeness (QED) is 0.0327. The smallest absolute Gasteiger partial charge is 0.305 e. The van der Waals surface area contributed by atoms with Crippen molar-refractivity contribution in [1.29, 1.82) is 0 Å². The molecule has 0 aliphatic carbocycles. The highest BCUT2D eigenvalue weighted by Crippen LogP contribution is 2.15. The maximum atomic E-state index is 11.9. The molecule has 3 atom stereocenters. The van der Waals surface area contributed by atoms with E-state index in [1.165, 1.54) is 77.0 Å². The summed E-state index contributed by atoms with van der Waals surface area (Å²) in [4.78, 5) is 23.9. The molecule has 2 N–H and O–H groups in total. The fraction of sp³-hybridized carbons (Fsp3) is 0.750. The SMILES string of the molecule is CCCCC/C=C\C=C/[C@@H](O)C/C=C\C/C=C/CCCC(=O)OC[C@H](O)COC(=O)CCCCCCCCCCCCC(C)CC. The lowest BCUT2D eigenvalue weighted by molar-refractivity contribution is -0.152. The summed E-state index contributed by atoms with van der Waals surface area (Å²) in [5, 5.41) is 20.0. The molecule has 0 spiro atoms. The Balaban J connectivity index is 3.63. The predicted octanol–water partition coefficient (Wildman–Crippen LogP) is 10.3. The van der Waals surface area contributed by atoms with E-state index in [-0.39, 0.29) is 31.6 Å². The Morgan fingerprint density at radius 1 is 0.630 bits per heavy atom. The molecule has 0 saturated carbocycles. The molecule has 0 rings (SSSR count). The number of esters is 2. The number of aliphatic hydroxyl groups excluding tert-OH is 2. The molecule has 0 fully saturated rings. The highest BCUT2D eigenvalue weighted by Gasteiger charge is 2.12. The molecular formula is C40H70O6. The molecular weight excluding hydrogens is 576 g/mol. The molecule has 6 heteroatoms. The molecule has 0 radical (unpaired) electrons. The van der Waals surface area contributed by atoms with E-state index >= 15 is 0 Å². The first-order valence-corrected chi connectivity index (χ1v) is 18.7. The molecule has 46 heavy (non-hydrogen) atoms. The normalized spacial score (nSPS) is 14.1. The third-order valence-corrected chi connectivity index (χ3v) is 8.19. The summed E-state index contributed by atoms with van der Waals surface area (Å²) in [5.41, 5.74) is 0. The number of allylic oxidation sites excluding steroid dienone is 6. The molecule has 6 nitrogen and oxygen atoms in total. The number of aliphatic hydroxyl groups is 2. The summed E-state index contributed by atoms with van der Waals surface area (Å²) in [6.45, 7) is 6.50. The number of hydrogen-bond donors (Lipinski definition) is 2. The first kappa shape index (κ1) is 43.8. The summed E-state index contributed by atoms with van der Waals surface area (Å²) in [5.74, 6) is 0.200. The van der Waals surface area contributed by atoms with Crippen LogP contribution in [0.3, 0.4) is 0 Å². The van der Waals surface area contributed by atoms with Gasteiger partial charge in [-0.05, 0) is 50.9 Å². The van der Waals surface area contributed by atoms with E-state index in [2.05, 4.69) is 26.8 Å². The number of carbonyl (C=O) groups excluding carboxylic acids is 2. The Bertz CT molecular complexity index is 815. The molecule has 0 amide bonds.